The molecule has 1 aromatic carbocycles. The zero-order valence-corrected chi connectivity index (χ0v) is 19.3. The van der Waals surface area contributed by atoms with Gasteiger partial charge in [0, 0.05) is 5.69 Å². The monoisotopic (exact) mass is 485 g/mol. The van der Waals surface area contributed by atoms with Crippen LogP contribution in [0.25, 0.3) is 16.8 Å². The Kier molecular flexibility index (Phi) is 6.50. The molecular weight excluding hydrogens is 465 g/mol. The Morgan fingerprint density at radius 3 is 2.59 bits per heavy atom. The second-order valence-electron chi connectivity index (χ2n) is 6.98. The van der Waals surface area contributed by atoms with Crippen LogP contribution in [-0.4, -0.2) is 44.3 Å². The number of benzene rings is 1. The number of hydrogen-bond acceptors (Lipinski definition) is 10. The minimum Gasteiger partial charge on any atom is -0.462 e. The molecule has 176 valence electrons. The van der Waals surface area contributed by atoms with Crippen molar-refractivity contribution in [3.05, 3.63) is 59.1 Å². The highest BCUT2D eigenvalue weighted by molar-refractivity contribution is 7.98. The number of nitrogens with two attached hydrogens (primary N) is 1. The van der Waals surface area contributed by atoms with Crippen molar-refractivity contribution >= 4 is 40.6 Å². The van der Waals surface area contributed by atoms with Crippen molar-refractivity contribution in [3.63, 3.8) is 0 Å². The molecule has 0 radical (unpaired) electrons. The van der Waals surface area contributed by atoms with E-state index in [1.807, 2.05) is 0 Å². The Morgan fingerprint density at radius 1 is 1.18 bits per heavy atom. The number of carbonyl (C=O) groups excluding carboxylic acids is 2. The van der Waals surface area contributed by atoms with Gasteiger partial charge in [-0.15, -0.1) is 0 Å². The highest BCUT2D eigenvalue weighted by Crippen LogP contribution is 2.29. The van der Waals surface area contributed by atoms with E-state index >= 15 is 0 Å². The molecule has 0 aliphatic rings. The molecule has 0 aliphatic carbocycles. The molecule has 0 saturated heterocycles. The van der Waals surface area contributed by atoms with Crippen LogP contribution in [0, 0.1) is 12.7 Å². The number of imidazole rings is 1. The lowest BCUT2D eigenvalue weighted by atomic mass is 10.2. The van der Waals surface area contributed by atoms with Crippen molar-refractivity contribution in [3.8, 4) is 5.69 Å². The lowest BCUT2D eigenvalue weighted by Crippen LogP contribution is -2.13. The summed E-state index contributed by atoms with van der Waals surface area (Å²) in [5.41, 5.74) is 6.98. The lowest BCUT2D eigenvalue weighted by molar-refractivity contribution is 0.0451. The van der Waals surface area contributed by atoms with Gasteiger partial charge in [0.15, 0.2) is 23.3 Å². The summed E-state index contributed by atoms with van der Waals surface area (Å²) in [7, 11) is 0. The first-order valence-electron chi connectivity index (χ1n) is 10.1. The molecule has 3 aromatic heterocycles. The van der Waals surface area contributed by atoms with E-state index in [1.54, 1.807) is 24.7 Å². The SMILES string of the molecule is CCOC(=O)c1c(C)oc2nc(COC(=O)c3cnc(SC)n3-c3ccc(F)cc3)nc(N)c12. The molecule has 4 rings (SSSR count). The van der Waals surface area contributed by atoms with Crippen LogP contribution in [0.4, 0.5) is 10.2 Å². The third kappa shape index (κ3) is 4.31. The number of nitrogen functional groups attached to an aromatic ring is 1. The number of hydrogen-bond donors (Lipinski definition) is 1. The number of halogens is 1. The third-order valence-electron chi connectivity index (χ3n) is 4.82. The van der Waals surface area contributed by atoms with Crippen molar-refractivity contribution in [1.29, 1.82) is 0 Å². The molecule has 4 aromatic rings. The maximum absolute atomic E-state index is 13.4. The first-order chi connectivity index (χ1) is 16.3. The second kappa shape index (κ2) is 9.51. The van der Waals surface area contributed by atoms with E-state index in [4.69, 9.17) is 19.6 Å². The number of fused-ring (bicyclic) bond motifs is 1. The summed E-state index contributed by atoms with van der Waals surface area (Å²) >= 11 is 1.32. The van der Waals surface area contributed by atoms with Crippen LogP contribution in [0.1, 0.15) is 39.4 Å². The Hall–Kier alpha value is -3.93. The van der Waals surface area contributed by atoms with Crippen LogP contribution in [0.2, 0.25) is 0 Å². The van der Waals surface area contributed by atoms with Crippen LogP contribution >= 0.6 is 11.8 Å². The first kappa shape index (κ1) is 23.2. The summed E-state index contributed by atoms with van der Waals surface area (Å²) in [5, 5.41) is 0.767. The van der Waals surface area contributed by atoms with Gasteiger partial charge in [0.1, 0.15) is 23.0 Å². The topological polar surface area (TPSA) is 135 Å². The van der Waals surface area contributed by atoms with Gasteiger partial charge < -0.3 is 19.6 Å². The van der Waals surface area contributed by atoms with Crippen molar-refractivity contribution < 1.29 is 27.9 Å². The van der Waals surface area contributed by atoms with Gasteiger partial charge in [-0.05, 0) is 44.4 Å². The number of furan rings is 1. The number of aromatic nitrogens is 4. The van der Waals surface area contributed by atoms with Gasteiger partial charge >= 0.3 is 11.9 Å². The Labute approximate surface area is 197 Å². The van der Waals surface area contributed by atoms with Crippen LogP contribution in [0.15, 0.2) is 40.0 Å². The summed E-state index contributed by atoms with van der Waals surface area (Å²) in [4.78, 5) is 37.7. The van der Waals surface area contributed by atoms with E-state index in [-0.39, 0.29) is 53.0 Å². The first-order valence-corrected chi connectivity index (χ1v) is 11.3. The fourth-order valence-corrected chi connectivity index (χ4v) is 3.91. The summed E-state index contributed by atoms with van der Waals surface area (Å²) in [6.07, 6.45) is 3.18. The van der Waals surface area contributed by atoms with E-state index in [2.05, 4.69) is 15.0 Å². The average Bonchev–Trinajstić information content (AvgIpc) is 3.39. The van der Waals surface area contributed by atoms with E-state index < -0.39 is 17.8 Å². The molecule has 0 saturated carbocycles. The molecule has 0 bridgehead atoms. The van der Waals surface area contributed by atoms with Crippen LogP contribution in [0.5, 0.6) is 0 Å². The standard InChI is InChI=1S/C22H20FN5O5S/c1-4-31-21(30)16-11(2)33-19-17(16)18(24)26-15(27-19)10-32-20(29)14-9-25-22(34-3)28(14)13-7-5-12(23)6-8-13/h5-9H,4,10H2,1-3H3,(H2,24,26,27). The van der Waals surface area contributed by atoms with Crippen molar-refractivity contribution in [1.82, 2.24) is 19.5 Å². The number of esters is 2. The van der Waals surface area contributed by atoms with Crippen molar-refractivity contribution in [2.45, 2.75) is 25.6 Å². The van der Waals surface area contributed by atoms with Gasteiger partial charge in [0.05, 0.1) is 18.2 Å². The predicted molar refractivity (Wildman–Crippen MR) is 121 cm³/mol. The molecule has 12 heteroatoms. The van der Waals surface area contributed by atoms with E-state index in [1.165, 1.54) is 42.2 Å². The van der Waals surface area contributed by atoms with Crippen LogP contribution in [-0.2, 0) is 16.1 Å². The fourth-order valence-electron chi connectivity index (χ4n) is 3.36. The lowest BCUT2D eigenvalue weighted by Gasteiger charge is -2.11. The highest BCUT2D eigenvalue weighted by Gasteiger charge is 2.25. The van der Waals surface area contributed by atoms with Gasteiger partial charge in [-0.2, -0.15) is 4.98 Å². The van der Waals surface area contributed by atoms with Crippen molar-refractivity contribution in [2.24, 2.45) is 0 Å². The molecule has 10 nitrogen and oxygen atoms in total. The molecule has 0 fully saturated rings. The quantitative estimate of drug-likeness (QED) is 0.305. The summed E-state index contributed by atoms with van der Waals surface area (Å²) in [6, 6.07) is 5.64. The largest absolute Gasteiger partial charge is 0.462 e. The van der Waals surface area contributed by atoms with E-state index in [0.29, 0.717) is 10.8 Å². The van der Waals surface area contributed by atoms with Gasteiger partial charge in [0.2, 0.25) is 5.71 Å². The molecule has 2 N–H and O–H groups in total. The molecule has 0 spiro atoms. The van der Waals surface area contributed by atoms with Gasteiger partial charge in [-0.3, -0.25) is 4.57 Å². The fraction of sp³-hybridized carbons (Fsp3) is 0.227. The number of anilines is 1. The zero-order valence-electron chi connectivity index (χ0n) is 18.5. The van der Waals surface area contributed by atoms with Crippen LogP contribution in [0.3, 0.4) is 0 Å². The zero-order chi connectivity index (χ0) is 24.4. The second-order valence-corrected chi connectivity index (χ2v) is 7.75. The third-order valence-corrected chi connectivity index (χ3v) is 5.47. The summed E-state index contributed by atoms with van der Waals surface area (Å²) in [6.45, 7) is 3.15. The predicted octanol–water partition coefficient (Wildman–Crippen LogP) is 3.69. The summed E-state index contributed by atoms with van der Waals surface area (Å²) in [5.74, 6) is -1.31. The van der Waals surface area contributed by atoms with E-state index in [0.717, 1.165) is 0 Å². The smallest absolute Gasteiger partial charge is 0.357 e. The van der Waals surface area contributed by atoms with Gasteiger partial charge in [-0.25, -0.2) is 23.9 Å². The van der Waals surface area contributed by atoms with Crippen molar-refractivity contribution in [2.75, 3.05) is 18.6 Å². The minimum atomic E-state index is -0.692. The summed E-state index contributed by atoms with van der Waals surface area (Å²) < 4.78 is 30.9. The molecule has 3 heterocycles. The number of aryl methyl sites for hydroxylation is 1. The molecular formula is C22H20FN5O5S. The maximum atomic E-state index is 13.4. The number of ether oxygens (including phenoxy) is 2. The van der Waals surface area contributed by atoms with E-state index in [9.17, 15) is 14.0 Å². The Morgan fingerprint density at radius 2 is 1.91 bits per heavy atom. The number of carbonyl (C=O) groups is 2. The normalized spacial score (nSPS) is 11.1. The molecule has 0 unspecified atom stereocenters. The Bertz CT molecular complexity index is 1380. The van der Waals surface area contributed by atoms with Crippen LogP contribution < -0.4 is 5.73 Å². The van der Waals surface area contributed by atoms with Gasteiger partial charge in [-0.1, -0.05) is 11.8 Å². The minimum absolute atomic E-state index is 0.00280. The van der Waals surface area contributed by atoms with Gasteiger partial charge in [0.25, 0.3) is 0 Å². The number of thioether (sulfide) groups is 1. The maximum Gasteiger partial charge on any atom is 0.357 e. The molecule has 0 atom stereocenters. The average molecular weight is 485 g/mol. The molecule has 34 heavy (non-hydrogen) atoms. The molecule has 0 aliphatic heterocycles. The number of nitrogens with zero attached hydrogens (tertiary/aromatic N) is 4. The number of rotatable bonds is 7. The highest BCUT2D eigenvalue weighted by atomic mass is 32.2. The molecule has 0 amide bonds. The Balaban J connectivity index is 1.59.